The fourth-order valence-electron chi connectivity index (χ4n) is 4.85. The number of nitrogens with zero attached hydrogens (tertiary/aromatic N) is 1. The van der Waals surface area contributed by atoms with Crippen LogP contribution >= 0.6 is 0 Å². The van der Waals surface area contributed by atoms with Gasteiger partial charge in [-0.1, -0.05) is 18.6 Å². The number of likely N-dealkylation sites (tertiary alicyclic amines) is 1. The fourth-order valence-corrected chi connectivity index (χ4v) is 4.85. The maximum absolute atomic E-state index is 12.9. The molecule has 0 unspecified atom stereocenters. The maximum atomic E-state index is 12.9. The SMILES string of the molecule is CCOC(=O)C1=C(C)NC(C)=C(C(=O)OCC)C1c1ccc(OCCCCN2CCCCC2)cc1. The molecule has 1 saturated heterocycles. The number of carbonyl (C=O) groups excluding carboxylic acids is 2. The summed E-state index contributed by atoms with van der Waals surface area (Å²) in [6.45, 7) is 12.0. The highest BCUT2D eigenvalue weighted by molar-refractivity contribution is 5.99. The largest absolute Gasteiger partial charge is 0.494 e. The Kier molecular flexibility index (Phi) is 10.2. The zero-order chi connectivity index (χ0) is 25.2. The van der Waals surface area contributed by atoms with Crippen LogP contribution < -0.4 is 10.1 Å². The Bertz CT molecular complexity index is 889. The Labute approximate surface area is 209 Å². The monoisotopic (exact) mass is 484 g/mol. The Morgan fingerprint density at radius 1 is 0.886 bits per heavy atom. The van der Waals surface area contributed by atoms with Crippen molar-refractivity contribution in [3.8, 4) is 5.75 Å². The van der Waals surface area contributed by atoms with E-state index in [-0.39, 0.29) is 13.2 Å². The van der Waals surface area contributed by atoms with Crippen molar-refractivity contribution in [2.75, 3.05) is 39.5 Å². The Hall–Kier alpha value is -2.80. The van der Waals surface area contributed by atoms with Crippen molar-refractivity contribution in [1.82, 2.24) is 10.2 Å². The molecule has 0 spiro atoms. The van der Waals surface area contributed by atoms with E-state index in [2.05, 4.69) is 10.2 Å². The lowest BCUT2D eigenvalue weighted by Gasteiger charge is -2.30. The summed E-state index contributed by atoms with van der Waals surface area (Å²) in [6.07, 6.45) is 6.14. The number of ether oxygens (including phenoxy) is 3. The second-order valence-electron chi connectivity index (χ2n) is 9.10. The molecule has 0 amide bonds. The van der Waals surface area contributed by atoms with Crippen molar-refractivity contribution in [3.05, 3.63) is 52.4 Å². The molecule has 1 fully saturated rings. The second-order valence-corrected chi connectivity index (χ2v) is 9.10. The van der Waals surface area contributed by atoms with E-state index in [0.717, 1.165) is 30.7 Å². The molecular weight excluding hydrogens is 444 g/mol. The third-order valence-electron chi connectivity index (χ3n) is 6.55. The van der Waals surface area contributed by atoms with E-state index >= 15 is 0 Å². The summed E-state index contributed by atoms with van der Waals surface area (Å²) in [5, 5.41) is 3.16. The molecule has 0 aliphatic carbocycles. The van der Waals surface area contributed by atoms with Crippen LogP contribution in [0.1, 0.15) is 71.3 Å². The second kappa shape index (κ2) is 13.3. The van der Waals surface area contributed by atoms with Crippen LogP contribution in [-0.4, -0.2) is 56.3 Å². The van der Waals surface area contributed by atoms with E-state index in [1.54, 1.807) is 13.8 Å². The third kappa shape index (κ3) is 7.10. The number of nitrogens with one attached hydrogen (secondary N) is 1. The van der Waals surface area contributed by atoms with Crippen LogP contribution in [0.5, 0.6) is 5.75 Å². The summed E-state index contributed by atoms with van der Waals surface area (Å²) < 4.78 is 16.6. The van der Waals surface area contributed by atoms with Gasteiger partial charge in [0.25, 0.3) is 0 Å². The first-order valence-corrected chi connectivity index (χ1v) is 12.9. The number of allylic oxidation sites excluding steroid dienone is 2. The molecule has 1 aromatic rings. The van der Waals surface area contributed by atoms with E-state index in [1.165, 1.54) is 32.4 Å². The van der Waals surface area contributed by atoms with Crippen LogP contribution in [0.4, 0.5) is 0 Å². The van der Waals surface area contributed by atoms with Crippen molar-refractivity contribution < 1.29 is 23.8 Å². The lowest BCUT2D eigenvalue weighted by molar-refractivity contribution is -0.139. The summed E-state index contributed by atoms with van der Waals surface area (Å²) in [5.74, 6) is -0.679. The predicted octanol–water partition coefficient (Wildman–Crippen LogP) is 4.69. The minimum Gasteiger partial charge on any atom is -0.494 e. The van der Waals surface area contributed by atoms with Gasteiger partial charge in [0, 0.05) is 11.4 Å². The lowest BCUT2D eigenvalue weighted by atomic mass is 9.80. The van der Waals surface area contributed by atoms with E-state index in [4.69, 9.17) is 14.2 Å². The highest BCUT2D eigenvalue weighted by Gasteiger charge is 2.37. The van der Waals surface area contributed by atoms with Gasteiger partial charge >= 0.3 is 11.9 Å². The number of piperidine rings is 1. The molecule has 0 bridgehead atoms. The highest BCUT2D eigenvalue weighted by Crippen LogP contribution is 2.39. The summed E-state index contributed by atoms with van der Waals surface area (Å²) in [6, 6.07) is 7.63. The summed E-state index contributed by atoms with van der Waals surface area (Å²) in [7, 11) is 0. The normalized spacial score (nSPS) is 17.3. The minimum absolute atomic E-state index is 0.254. The van der Waals surface area contributed by atoms with Crippen LogP contribution in [0.3, 0.4) is 0 Å². The van der Waals surface area contributed by atoms with Crippen LogP contribution in [0.2, 0.25) is 0 Å². The molecular formula is C28H40N2O5. The summed E-state index contributed by atoms with van der Waals surface area (Å²) in [5.41, 5.74) is 3.01. The first-order chi connectivity index (χ1) is 17.0. The van der Waals surface area contributed by atoms with Crippen LogP contribution in [0.25, 0.3) is 0 Å². The number of dihydropyridines is 1. The Morgan fingerprint density at radius 3 is 2.00 bits per heavy atom. The molecule has 2 heterocycles. The van der Waals surface area contributed by atoms with Crippen LogP contribution in [-0.2, 0) is 19.1 Å². The van der Waals surface area contributed by atoms with Crippen molar-refractivity contribution in [1.29, 1.82) is 0 Å². The molecule has 0 saturated carbocycles. The zero-order valence-corrected chi connectivity index (χ0v) is 21.7. The van der Waals surface area contributed by atoms with Gasteiger partial charge in [-0.15, -0.1) is 0 Å². The van der Waals surface area contributed by atoms with Crippen LogP contribution in [0, 0.1) is 0 Å². The van der Waals surface area contributed by atoms with Gasteiger partial charge < -0.3 is 24.4 Å². The van der Waals surface area contributed by atoms with Gasteiger partial charge in [-0.3, -0.25) is 0 Å². The van der Waals surface area contributed by atoms with Gasteiger partial charge in [0.15, 0.2) is 0 Å². The van der Waals surface area contributed by atoms with Crippen molar-refractivity contribution >= 4 is 11.9 Å². The lowest BCUT2D eigenvalue weighted by Crippen LogP contribution is -2.32. The molecule has 7 heteroatoms. The fraction of sp³-hybridized carbons (Fsp3) is 0.571. The third-order valence-corrected chi connectivity index (χ3v) is 6.55. The topological polar surface area (TPSA) is 77.1 Å². The molecule has 0 radical (unpaired) electrons. The summed E-state index contributed by atoms with van der Waals surface area (Å²) in [4.78, 5) is 28.3. The van der Waals surface area contributed by atoms with E-state index in [0.29, 0.717) is 29.1 Å². The molecule has 2 aliphatic heterocycles. The van der Waals surface area contributed by atoms with E-state index < -0.39 is 17.9 Å². The predicted molar refractivity (Wildman–Crippen MR) is 136 cm³/mol. The van der Waals surface area contributed by atoms with Crippen LogP contribution in [0.15, 0.2) is 46.8 Å². The van der Waals surface area contributed by atoms with Crippen molar-refractivity contribution in [2.45, 2.75) is 65.7 Å². The van der Waals surface area contributed by atoms with Gasteiger partial charge in [0.05, 0.1) is 36.9 Å². The molecule has 35 heavy (non-hydrogen) atoms. The average Bonchev–Trinajstić information content (AvgIpc) is 2.84. The molecule has 0 aromatic heterocycles. The highest BCUT2D eigenvalue weighted by atomic mass is 16.5. The molecule has 1 N–H and O–H groups in total. The molecule has 1 aromatic carbocycles. The number of unbranched alkanes of at least 4 members (excludes halogenated alkanes) is 1. The Balaban J connectivity index is 1.70. The van der Waals surface area contributed by atoms with Gasteiger partial charge in [-0.2, -0.15) is 0 Å². The van der Waals surface area contributed by atoms with Gasteiger partial charge in [-0.25, -0.2) is 9.59 Å². The number of rotatable bonds is 11. The van der Waals surface area contributed by atoms with Gasteiger partial charge in [-0.05, 0) is 90.7 Å². The minimum atomic E-state index is -0.576. The first-order valence-electron chi connectivity index (χ1n) is 12.9. The molecule has 7 nitrogen and oxygen atoms in total. The van der Waals surface area contributed by atoms with E-state index in [1.807, 2.05) is 38.1 Å². The zero-order valence-electron chi connectivity index (χ0n) is 21.7. The molecule has 2 aliphatic rings. The Morgan fingerprint density at radius 2 is 1.46 bits per heavy atom. The molecule has 192 valence electrons. The number of hydrogen-bond acceptors (Lipinski definition) is 7. The van der Waals surface area contributed by atoms with Gasteiger partial charge in [0.1, 0.15) is 5.75 Å². The standard InChI is InChI=1S/C28H40N2O5/c1-5-33-27(31)24-20(3)29-21(4)25(28(32)34-6-2)26(24)22-12-14-23(15-13-22)35-19-11-10-18-30-16-8-7-9-17-30/h12-15,26,29H,5-11,16-19H2,1-4H3. The van der Waals surface area contributed by atoms with Crippen molar-refractivity contribution in [3.63, 3.8) is 0 Å². The number of carbonyl (C=O) groups is 2. The summed E-state index contributed by atoms with van der Waals surface area (Å²) >= 11 is 0. The van der Waals surface area contributed by atoms with E-state index in [9.17, 15) is 9.59 Å². The number of benzene rings is 1. The number of hydrogen-bond donors (Lipinski definition) is 1. The first kappa shape index (κ1) is 26.8. The quantitative estimate of drug-likeness (QED) is 0.361. The van der Waals surface area contributed by atoms with Crippen molar-refractivity contribution in [2.24, 2.45) is 0 Å². The molecule has 0 atom stereocenters. The molecule has 3 rings (SSSR count). The average molecular weight is 485 g/mol. The smallest absolute Gasteiger partial charge is 0.336 e. The number of esters is 2. The maximum Gasteiger partial charge on any atom is 0.336 e. The van der Waals surface area contributed by atoms with Gasteiger partial charge in [0.2, 0.25) is 0 Å².